The molecule has 0 aliphatic carbocycles. The van der Waals surface area contributed by atoms with Crippen molar-refractivity contribution < 1.29 is 0 Å². The fourth-order valence-electron chi connectivity index (χ4n) is 1.47. The molecule has 0 heterocycles. The minimum Gasteiger partial charge on any atom is -0.269 e. The van der Waals surface area contributed by atoms with Gasteiger partial charge in [0.1, 0.15) is 0 Å². The Morgan fingerprint density at radius 2 is 2.19 bits per heavy atom. The van der Waals surface area contributed by atoms with E-state index in [-0.39, 0.29) is 0 Å². The highest BCUT2D eigenvalue weighted by atomic mass is 32.2. The molecule has 0 bridgehead atoms. The molecule has 1 nitrogen and oxygen atoms in total. The van der Waals surface area contributed by atoms with Gasteiger partial charge in [0.25, 0.3) is 0 Å². The summed E-state index contributed by atoms with van der Waals surface area (Å²) in [7, 11) is 0. The summed E-state index contributed by atoms with van der Waals surface area (Å²) in [5.41, 5.74) is 3.62. The van der Waals surface area contributed by atoms with Gasteiger partial charge in [0.2, 0.25) is 0 Å². The van der Waals surface area contributed by atoms with Crippen molar-refractivity contribution in [2.24, 2.45) is 4.99 Å². The number of thioether (sulfide) groups is 1. The Morgan fingerprint density at radius 3 is 2.81 bits per heavy atom. The lowest BCUT2D eigenvalue weighted by Crippen LogP contribution is -1.89. The molecule has 0 spiro atoms. The zero-order valence-corrected chi connectivity index (χ0v) is 10.6. The van der Waals surface area contributed by atoms with Crippen LogP contribution in [0.4, 0.5) is 0 Å². The largest absolute Gasteiger partial charge is 0.269 e. The first-order valence-corrected chi connectivity index (χ1v) is 6.60. The maximum absolute atomic E-state index is 4.16. The van der Waals surface area contributed by atoms with Crippen molar-refractivity contribution in [1.29, 1.82) is 0 Å². The first-order chi connectivity index (χ1) is 7.83. The van der Waals surface area contributed by atoms with Crippen LogP contribution in [0.1, 0.15) is 18.1 Å². The fourth-order valence-corrected chi connectivity index (χ4v) is 2.03. The van der Waals surface area contributed by atoms with Gasteiger partial charge in [0.15, 0.2) is 0 Å². The van der Waals surface area contributed by atoms with Crippen LogP contribution >= 0.6 is 11.8 Å². The number of nitrogens with zero attached hydrogens (tertiary/aromatic N) is 1. The molecule has 0 aromatic heterocycles. The summed E-state index contributed by atoms with van der Waals surface area (Å²) in [6.07, 6.45) is 7.59. The summed E-state index contributed by atoms with van der Waals surface area (Å²) in [6, 6.07) is 8.38. The molecule has 0 saturated heterocycles. The molecule has 0 N–H and O–H groups in total. The topological polar surface area (TPSA) is 12.4 Å². The van der Waals surface area contributed by atoms with Crippen molar-refractivity contribution in [2.45, 2.75) is 12.7 Å². The minimum atomic E-state index is 1.01. The van der Waals surface area contributed by atoms with Crippen LogP contribution in [0.25, 0.3) is 5.57 Å². The Hall–Kier alpha value is -1.28. The molecule has 16 heavy (non-hydrogen) atoms. The van der Waals surface area contributed by atoms with Gasteiger partial charge in [-0.05, 0) is 29.9 Å². The second-order valence-corrected chi connectivity index (χ2v) is 4.15. The SMILES string of the molecule is C=C/C(=C\N=CC)c1ccccc1CSC. The van der Waals surface area contributed by atoms with Crippen LogP contribution in [0.15, 0.2) is 48.1 Å². The van der Waals surface area contributed by atoms with Crippen molar-refractivity contribution in [3.63, 3.8) is 0 Å². The van der Waals surface area contributed by atoms with E-state index in [0.717, 1.165) is 11.3 Å². The molecule has 2 heteroatoms. The number of hydrogen-bond acceptors (Lipinski definition) is 2. The molecular formula is C14H17NS. The van der Waals surface area contributed by atoms with Crippen molar-refractivity contribution in [2.75, 3.05) is 6.26 Å². The lowest BCUT2D eigenvalue weighted by atomic mass is 10.0. The van der Waals surface area contributed by atoms with Gasteiger partial charge in [-0.3, -0.25) is 4.99 Å². The second kappa shape index (κ2) is 7.07. The van der Waals surface area contributed by atoms with Crippen molar-refractivity contribution >= 4 is 23.5 Å². The Bertz CT molecular complexity index is 405. The third kappa shape index (κ3) is 3.38. The summed E-state index contributed by atoms with van der Waals surface area (Å²) in [4.78, 5) is 4.16. The van der Waals surface area contributed by atoms with E-state index in [2.05, 4.69) is 36.0 Å². The standard InChI is InChI=1S/C14H17NS/c1-4-12(10-15-5-2)14-9-7-6-8-13(14)11-16-3/h4-10H,1,11H2,2-3H3/b12-10+,15-5?. The lowest BCUT2D eigenvalue weighted by Gasteiger charge is -2.08. The average molecular weight is 231 g/mol. The molecule has 1 aromatic rings. The molecule has 0 saturated carbocycles. The maximum Gasteiger partial charge on any atom is 0.0342 e. The Morgan fingerprint density at radius 1 is 1.44 bits per heavy atom. The monoisotopic (exact) mass is 231 g/mol. The summed E-state index contributed by atoms with van der Waals surface area (Å²) < 4.78 is 0. The predicted octanol–water partition coefficient (Wildman–Crippen LogP) is 4.17. The summed E-state index contributed by atoms with van der Waals surface area (Å²) in [5.74, 6) is 1.01. The quantitative estimate of drug-likeness (QED) is 0.547. The van der Waals surface area contributed by atoms with Gasteiger partial charge < -0.3 is 0 Å². The van der Waals surface area contributed by atoms with Gasteiger partial charge in [-0.15, -0.1) is 0 Å². The second-order valence-electron chi connectivity index (χ2n) is 3.29. The first kappa shape index (κ1) is 12.8. The number of aliphatic imine (C=N–C) groups is 1. The van der Waals surface area contributed by atoms with Gasteiger partial charge in [0.05, 0.1) is 0 Å². The highest BCUT2D eigenvalue weighted by molar-refractivity contribution is 7.97. The minimum absolute atomic E-state index is 1.01. The van der Waals surface area contributed by atoms with Crippen molar-refractivity contribution in [1.82, 2.24) is 0 Å². The summed E-state index contributed by atoms with van der Waals surface area (Å²) >= 11 is 1.82. The van der Waals surface area contributed by atoms with E-state index in [9.17, 15) is 0 Å². The van der Waals surface area contributed by atoms with Crippen LogP contribution in [-0.2, 0) is 5.75 Å². The van der Waals surface area contributed by atoms with Gasteiger partial charge in [-0.1, -0.05) is 36.9 Å². The lowest BCUT2D eigenvalue weighted by molar-refractivity contribution is 1.38. The maximum atomic E-state index is 4.16. The molecule has 0 unspecified atom stereocenters. The molecule has 1 aromatic carbocycles. The Labute approximate surface area is 102 Å². The smallest absolute Gasteiger partial charge is 0.0342 e. The zero-order chi connectivity index (χ0) is 11.8. The van der Waals surface area contributed by atoms with Crippen LogP contribution < -0.4 is 0 Å². The van der Waals surface area contributed by atoms with Gasteiger partial charge in [0, 0.05) is 18.2 Å². The van der Waals surface area contributed by atoms with E-state index >= 15 is 0 Å². The molecule has 0 atom stereocenters. The Balaban J connectivity index is 3.13. The predicted molar refractivity (Wildman–Crippen MR) is 76.0 cm³/mol. The highest BCUT2D eigenvalue weighted by Crippen LogP contribution is 2.23. The highest BCUT2D eigenvalue weighted by Gasteiger charge is 2.03. The third-order valence-electron chi connectivity index (χ3n) is 2.21. The van der Waals surface area contributed by atoms with Gasteiger partial charge in [-0.25, -0.2) is 0 Å². The molecule has 0 amide bonds. The number of rotatable bonds is 5. The molecular weight excluding hydrogens is 214 g/mol. The number of benzene rings is 1. The number of allylic oxidation sites excluding steroid dienone is 2. The van der Waals surface area contributed by atoms with Crippen LogP contribution in [0, 0.1) is 0 Å². The van der Waals surface area contributed by atoms with Crippen molar-refractivity contribution in [3.8, 4) is 0 Å². The van der Waals surface area contributed by atoms with Crippen LogP contribution in [0.5, 0.6) is 0 Å². The molecule has 1 rings (SSSR count). The van der Waals surface area contributed by atoms with E-state index in [1.165, 1.54) is 11.1 Å². The fraction of sp³-hybridized carbons (Fsp3) is 0.214. The average Bonchev–Trinajstić information content (AvgIpc) is 2.32. The molecule has 0 aliphatic rings. The molecule has 0 aliphatic heterocycles. The Kier molecular flexibility index (Phi) is 5.65. The van der Waals surface area contributed by atoms with E-state index in [0.29, 0.717) is 0 Å². The summed E-state index contributed by atoms with van der Waals surface area (Å²) in [6.45, 7) is 5.75. The van der Waals surface area contributed by atoms with Crippen LogP contribution in [0.2, 0.25) is 0 Å². The van der Waals surface area contributed by atoms with Crippen LogP contribution in [-0.4, -0.2) is 12.5 Å². The van der Waals surface area contributed by atoms with E-state index in [4.69, 9.17) is 0 Å². The third-order valence-corrected chi connectivity index (χ3v) is 2.81. The molecule has 84 valence electrons. The van der Waals surface area contributed by atoms with Crippen molar-refractivity contribution in [3.05, 3.63) is 54.2 Å². The zero-order valence-electron chi connectivity index (χ0n) is 9.81. The van der Waals surface area contributed by atoms with Gasteiger partial charge in [-0.2, -0.15) is 11.8 Å². The van der Waals surface area contributed by atoms with E-state index in [1.54, 1.807) is 6.21 Å². The molecule has 0 fully saturated rings. The first-order valence-electron chi connectivity index (χ1n) is 5.21. The molecule has 0 radical (unpaired) electrons. The van der Waals surface area contributed by atoms with E-state index < -0.39 is 0 Å². The van der Waals surface area contributed by atoms with Crippen LogP contribution in [0.3, 0.4) is 0 Å². The van der Waals surface area contributed by atoms with Gasteiger partial charge >= 0.3 is 0 Å². The summed E-state index contributed by atoms with van der Waals surface area (Å²) in [5, 5.41) is 0. The number of hydrogen-bond donors (Lipinski definition) is 0. The normalized spacial score (nSPS) is 12.0. The van der Waals surface area contributed by atoms with E-state index in [1.807, 2.05) is 37.0 Å².